The summed E-state index contributed by atoms with van der Waals surface area (Å²) in [7, 11) is 0. The first-order valence-corrected chi connectivity index (χ1v) is 6.53. The van der Waals surface area contributed by atoms with Crippen LogP contribution in [0.15, 0.2) is 12.3 Å². The second-order valence-electron chi connectivity index (χ2n) is 4.72. The van der Waals surface area contributed by atoms with Gasteiger partial charge in [-0.3, -0.25) is 4.68 Å². The molecule has 1 aromatic heterocycles. The molecule has 0 aliphatic heterocycles. The van der Waals surface area contributed by atoms with E-state index in [1.54, 1.807) is 0 Å². The fourth-order valence-corrected chi connectivity index (χ4v) is 1.49. The molecule has 0 radical (unpaired) electrons. The third-order valence-electron chi connectivity index (χ3n) is 2.34. The number of hydrogen-bond acceptors (Lipinski definition) is 3. The van der Waals surface area contributed by atoms with Crippen LogP contribution < -0.4 is 5.32 Å². The van der Waals surface area contributed by atoms with Crippen LogP contribution in [0.1, 0.15) is 32.9 Å². The van der Waals surface area contributed by atoms with Crippen molar-refractivity contribution in [3.63, 3.8) is 0 Å². The highest BCUT2D eigenvalue weighted by molar-refractivity contribution is 4.98. The lowest BCUT2D eigenvalue weighted by Crippen LogP contribution is -2.15. The van der Waals surface area contributed by atoms with Crippen LogP contribution in [0.25, 0.3) is 0 Å². The minimum absolute atomic E-state index is 0.599. The molecule has 1 aromatic rings. The quantitative estimate of drug-likeness (QED) is 0.670. The van der Waals surface area contributed by atoms with E-state index in [2.05, 4.69) is 37.3 Å². The number of nitrogens with zero attached hydrogens (tertiary/aromatic N) is 2. The lowest BCUT2D eigenvalue weighted by molar-refractivity contribution is 0.101. The number of hydrogen-bond donors (Lipinski definition) is 1. The van der Waals surface area contributed by atoms with E-state index in [0.29, 0.717) is 5.92 Å². The van der Waals surface area contributed by atoms with Gasteiger partial charge in [-0.15, -0.1) is 0 Å². The number of aromatic nitrogens is 2. The normalized spacial score (nSPS) is 11.3. The average Bonchev–Trinajstić information content (AvgIpc) is 2.73. The van der Waals surface area contributed by atoms with Gasteiger partial charge in [-0.2, -0.15) is 5.10 Å². The molecule has 0 saturated carbocycles. The first-order valence-electron chi connectivity index (χ1n) is 6.53. The molecule has 4 heteroatoms. The Hall–Kier alpha value is -0.870. The molecule has 0 spiro atoms. The molecule has 17 heavy (non-hydrogen) atoms. The fraction of sp³-hybridized carbons (Fsp3) is 0.769. The topological polar surface area (TPSA) is 39.1 Å². The Morgan fingerprint density at radius 1 is 1.47 bits per heavy atom. The Bertz CT molecular complexity index is 297. The van der Waals surface area contributed by atoms with E-state index in [4.69, 9.17) is 4.74 Å². The number of rotatable bonds is 9. The zero-order valence-electron chi connectivity index (χ0n) is 11.3. The van der Waals surface area contributed by atoms with Crippen molar-refractivity contribution >= 4 is 0 Å². The molecule has 1 N–H and O–H groups in total. The minimum atomic E-state index is 0.599. The van der Waals surface area contributed by atoms with Gasteiger partial charge in [0.25, 0.3) is 0 Å². The summed E-state index contributed by atoms with van der Waals surface area (Å²) >= 11 is 0. The van der Waals surface area contributed by atoms with Crippen molar-refractivity contribution in [2.24, 2.45) is 5.92 Å². The molecule has 0 fully saturated rings. The van der Waals surface area contributed by atoms with Crippen molar-refractivity contribution in [1.29, 1.82) is 0 Å². The molecule has 0 aromatic carbocycles. The van der Waals surface area contributed by atoms with Crippen molar-refractivity contribution < 1.29 is 4.74 Å². The summed E-state index contributed by atoms with van der Waals surface area (Å²) in [6.45, 7) is 10.8. The summed E-state index contributed by atoms with van der Waals surface area (Å²) in [4.78, 5) is 0. The lowest BCUT2D eigenvalue weighted by Gasteiger charge is -2.06. The van der Waals surface area contributed by atoms with Crippen LogP contribution in [0.5, 0.6) is 0 Å². The molecular formula is C13H25N3O. The molecule has 98 valence electrons. The molecule has 0 atom stereocenters. The van der Waals surface area contributed by atoms with Gasteiger partial charge in [0, 0.05) is 19.3 Å². The summed E-state index contributed by atoms with van der Waals surface area (Å²) in [6, 6.07) is 2.06. The summed E-state index contributed by atoms with van der Waals surface area (Å²) in [5, 5.41) is 7.81. The molecule has 0 amide bonds. The molecule has 0 bridgehead atoms. The highest BCUT2D eigenvalue weighted by Gasteiger charge is 1.99. The van der Waals surface area contributed by atoms with Gasteiger partial charge < -0.3 is 10.1 Å². The molecule has 0 unspecified atom stereocenters. The zero-order valence-corrected chi connectivity index (χ0v) is 11.3. The van der Waals surface area contributed by atoms with Crippen LogP contribution in [0.4, 0.5) is 0 Å². The molecule has 1 rings (SSSR count). The third kappa shape index (κ3) is 6.44. The van der Waals surface area contributed by atoms with Gasteiger partial charge in [-0.1, -0.05) is 20.8 Å². The zero-order chi connectivity index (χ0) is 12.5. The van der Waals surface area contributed by atoms with Gasteiger partial charge in [0.1, 0.15) is 0 Å². The van der Waals surface area contributed by atoms with Gasteiger partial charge in [-0.25, -0.2) is 0 Å². The Morgan fingerprint density at radius 3 is 3.00 bits per heavy atom. The van der Waals surface area contributed by atoms with E-state index in [1.807, 2.05) is 10.9 Å². The van der Waals surface area contributed by atoms with Crippen LogP contribution >= 0.6 is 0 Å². The van der Waals surface area contributed by atoms with E-state index in [1.165, 1.54) is 0 Å². The predicted molar refractivity (Wildman–Crippen MR) is 69.9 cm³/mol. The summed E-state index contributed by atoms with van der Waals surface area (Å²) in [6.07, 6.45) is 3.17. The molecule has 4 nitrogen and oxygen atoms in total. The Kier molecular flexibility index (Phi) is 6.89. The van der Waals surface area contributed by atoms with E-state index < -0.39 is 0 Å². The van der Waals surface area contributed by atoms with Crippen molar-refractivity contribution in [3.8, 4) is 0 Å². The maximum Gasteiger partial charge on any atom is 0.0762 e. The fourth-order valence-electron chi connectivity index (χ4n) is 1.49. The maximum absolute atomic E-state index is 5.53. The second kappa shape index (κ2) is 8.25. The molecule has 0 aliphatic carbocycles. The average molecular weight is 239 g/mol. The van der Waals surface area contributed by atoms with Crippen LogP contribution in [-0.4, -0.2) is 29.5 Å². The van der Waals surface area contributed by atoms with Crippen molar-refractivity contribution in [2.45, 2.75) is 40.3 Å². The smallest absolute Gasteiger partial charge is 0.0762 e. The third-order valence-corrected chi connectivity index (χ3v) is 2.34. The first-order chi connectivity index (χ1) is 8.22. The Balaban J connectivity index is 2.16. The van der Waals surface area contributed by atoms with E-state index >= 15 is 0 Å². The van der Waals surface area contributed by atoms with Crippen LogP contribution in [0.3, 0.4) is 0 Å². The Labute approximate surface area is 104 Å². The summed E-state index contributed by atoms with van der Waals surface area (Å²) in [5.74, 6) is 0.599. The second-order valence-corrected chi connectivity index (χ2v) is 4.72. The molecule has 1 heterocycles. The minimum Gasteiger partial charge on any atom is -0.379 e. The summed E-state index contributed by atoms with van der Waals surface area (Å²) in [5.41, 5.74) is 1.10. The van der Waals surface area contributed by atoms with E-state index in [-0.39, 0.29) is 0 Å². The number of nitrogens with one attached hydrogen (secondary N) is 1. The SMILES string of the molecule is CCCNCc1ccn(CCOCC(C)C)n1. The molecule has 0 saturated heterocycles. The summed E-state index contributed by atoms with van der Waals surface area (Å²) < 4.78 is 7.48. The molecular weight excluding hydrogens is 214 g/mol. The highest BCUT2D eigenvalue weighted by Crippen LogP contribution is 1.97. The molecule has 0 aliphatic rings. The maximum atomic E-state index is 5.53. The monoisotopic (exact) mass is 239 g/mol. The van der Waals surface area contributed by atoms with Gasteiger partial charge >= 0.3 is 0 Å². The van der Waals surface area contributed by atoms with Crippen LogP contribution in [0, 0.1) is 5.92 Å². The van der Waals surface area contributed by atoms with Crippen molar-refractivity contribution in [3.05, 3.63) is 18.0 Å². The first kappa shape index (κ1) is 14.2. The lowest BCUT2D eigenvalue weighted by atomic mass is 10.2. The van der Waals surface area contributed by atoms with Gasteiger partial charge in [0.05, 0.1) is 18.8 Å². The van der Waals surface area contributed by atoms with Crippen LogP contribution in [-0.2, 0) is 17.8 Å². The van der Waals surface area contributed by atoms with E-state index in [0.717, 1.165) is 45.0 Å². The standard InChI is InChI=1S/C13H25N3O/c1-4-6-14-10-13-5-7-16(15-13)8-9-17-11-12(2)3/h5,7,12,14H,4,6,8-11H2,1-3H3. The predicted octanol–water partition coefficient (Wildman–Crippen LogP) is 2.06. The van der Waals surface area contributed by atoms with E-state index in [9.17, 15) is 0 Å². The largest absolute Gasteiger partial charge is 0.379 e. The van der Waals surface area contributed by atoms with Gasteiger partial charge in [0.15, 0.2) is 0 Å². The van der Waals surface area contributed by atoms with Gasteiger partial charge in [0.2, 0.25) is 0 Å². The highest BCUT2D eigenvalue weighted by atomic mass is 16.5. The van der Waals surface area contributed by atoms with Crippen molar-refractivity contribution in [2.75, 3.05) is 19.8 Å². The van der Waals surface area contributed by atoms with Crippen LogP contribution in [0.2, 0.25) is 0 Å². The Morgan fingerprint density at radius 2 is 2.29 bits per heavy atom. The van der Waals surface area contributed by atoms with Gasteiger partial charge in [-0.05, 0) is 24.9 Å². The van der Waals surface area contributed by atoms with Crippen molar-refractivity contribution in [1.82, 2.24) is 15.1 Å². The number of ether oxygens (including phenoxy) is 1.